The first kappa shape index (κ1) is 20.6. The van der Waals surface area contributed by atoms with Gasteiger partial charge in [0.25, 0.3) is 5.91 Å². The molecule has 0 bridgehead atoms. The Hall–Kier alpha value is -2.08. The van der Waals surface area contributed by atoms with Gasteiger partial charge in [-0.15, -0.1) is 0 Å². The van der Waals surface area contributed by atoms with Gasteiger partial charge in [0.2, 0.25) is 5.91 Å². The third-order valence-electron chi connectivity index (χ3n) is 5.91. The molecular weight excluding hydrogens is 354 g/mol. The predicted molar refractivity (Wildman–Crippen MR) is 109 cm³/mol. The van der Waals surface area contributed by atoms with Crippen molar-refractivity contribution < 1.29 is 14.3 Å². The molecule has 1 N–H and O–H groups in total. The van der Waals surface area contributed by atoms with Crippen LogP contribution in [0.4, 0.5) is 0 Å². The molecule has 28 heavy (non-hydrogen) atoms. The molecule has 0 aromatic heterocycles. The second-order valence-electron chi connectivity index (χ2n) is 7.83. The molecule has 0 saturated carbocycles. The Bertz CT molecular complexity index is 621. The first-order valence-corrected chi connectivity index (χ1v) is 10.6. The second-order valence-corrected chi connectivity index (χ2v) is 7.83. The predicted octanol–water partition coefficient (Wildman–Crippen LogP) is 2.15. The summed E-state index contributed by atoms with van der Waals surface area (Å²) in [4.78, 5) is 29.1. The van der Waals surface area contributed by atoms with E-state index in [1.54, 1.807) is 0 Å². The minimum Gasteiger partial charge on any atom is -0.484 e. The second kappa shape index (κ2) is 10.5. The van der Waals surface area contributed by atoms with E-state index in [2.05, 4.69) is 12.2 Å². The molecule has 0 unspecified atom stereocenters. The van der Waals surface area contributed by atoms with Gasteiger partial charge in [0.15, 0.2) is 6.61 Å². The van der Waals surface area contributed by atoms with Gasteiger partial charge < -0.3 is 19.9 Å². The number of hydrogen-bond acceptors (Lipinski definition) is 4. The molecule has 3 rings (SSSR count). The number of likely N-dealkylation sites (tertiary alicyclic amines) is 2. The van der Waals surface area contributed by atoms with Crippen LogP contribution in [0.5, 0.6) is 5.75 Å². The summed E-state index contributed by atoms with van der Waals surface area (Å²) in [7, 11) is 0. The van der Waals surface area contributed by atoms with Crippen molar-refractivity contribution in [2.75, 3.05) is 45.9 Å². The largest absolute Gasteiger partial charge is 0.484 e. The quantitative estimate of drug-likeness (QED) is 0.779. The number of hydrogen-bond donors (Lipinski definition) is 1. The van der Waals surface area contributed by atoms with E-state index in [0.717, 1.165) is 51.9 Å². The minimum absolute atomic E-state index is 0.000935. The Morgan fingerprint density at radius 2 is 1.64 bits per heavy atom. The molecule has 0 radical (unpaired) electrons. The molecule has 2 amide bonds. The average Bonchev–Trinajstić information content (AvgIpc) is 2.76. The summed E-state index contributed by atoms with van der Waals surface area (Å²) in [5.41, 5.74) is 0. The summed E-state index contributed by atoms with van der Waals surface area (Å²) >= 11 is 0. The number of piperidine rings is 2. The van der Waals surface area contributed by atoms with Gasteiger partial charge in [0.1, 0.15) is 5.75 Å². The van der Waals surface area contributed by atoms with Crippen LogP contribution in [0.15, 0.2) is 30.3 Å². The fourth-order valence-corrected chi connectivity index (χ4v) is 4.09. The van der Waals surface area contributed by atoms with Crippen molar-refractivity contribution in [3.05, 3.63) is 30.3 Å². The number of para-hydroxylation sites is 1. The van der Waals surface area contributed by atoms with E-state index in [1.807, 2.05) is 40.1 Å². The van der Waals surface area contributed by atoms with E-state index in [-0.39, 0.29) is 24.3 Å². The third-order valence-corrected chi connectivity index (χ3v) is 5.91. The number of rotatable bonds is 7. The average molecular weight is 388 g/mol. The lowest BCUT2D eigenvalue weighted by molar-refractivity contribution is -0.142. The molecule has 2 fully saturated rings. The van der Waals surface area contributed by atoms with Crippen molar-refractivity contribution in [2.24, 2.45) is 11.8 Å². The zero-order chi connectivity index (χ0) is 19.8. The van der Waals surface area contributed by atoms with E-state index < -0.39 is 0 Å². The molecule has 6 heteroatoms. The van der Waals surface area contributed by atoms with E-state index in [9.17, 15) is 9.59 Å². The van der Waals surface area contributed by atoms with E-state index >= 15 is 0 Å². The number of benzene rings is 1. The molecule has 2 aliphatic rings. The van der Waals surface area contributed by atoms with E-state index in [0.29, 0.717) is 24.8 Å². The summed E-state index contributed by atoms with van der Waals surface area (Å²) in [6, 6.07) is 9.39. The summed E-state index contributed by atoms with van der Waals surface area (Å²) in [5.74, 6) is 1.74. The summed E-state index contributed by atoms with van der Waals surface area (Å²) in [6.45, 7) is 7.29. The molecule has 0 spiro atoms. The van der Waals surface area contributed by atoms with Crippen LogP contribution in [-0.4, -0.2) is 67.5 Å². The lowest BCUT2D eigenvalue weighted by Crippen LogP contribution is -2.47. The molecule has 2 heterocycles. The maximum Gasteiger partial charge on any atom is 0.260 e. The fraction of sp³-hybridized carbons (Fsp3) is 0.636. The Morgan fingerprint density at radius 1 is 1.00 bits per heavy atom. The fourth-order valence-electron chi connectivity index (χ4n) is 4.09. The van der Waals surface area contributed by atoms with Crippen molar-refractivity contribution in [2.45, 2.75) is 32.6 Å². The first-order valence-electron chi connectivity index (χ1n) is 10.6. The zero-order valence-corrected chi connectivity index (χ0v) is 16.9. The first-order chi connectivity index (χ1) is 13.7. The Kier molecular flexibility index (Phi) is 7.71. The standard InChI is InChI=1S/C22H33N3O3/c1-2-23-16-18-8-12-25(13-9-18)22(27)19-10-14-24(15-11-19)21(26)17-28-20-6-4-3-5-7-20/h3-7,18-19,23H,2,8-17H2,1H3. The lowest BCUT2D eigenvalue weighted by atomic mass is 9.92. The van der Waals surface area contributed by atoms with Gasteiger partial charge in [-0.1, -0.05) is 25.1 Å². The van der Waals surface area contributed by atoms with Crippen LogP contribution >= 0.6 is 0 Å². The van der Waals surface area contributed by atoms with E-state index in [4.69, 9.17) is 4.74 Å². The lowest BCUT2D eigenvalue weighted by Gasteiger charge is -2.37. The smallest absolute Gasteiger partial charge is 0.260 e. The number of nitrogens with zero attached hydrogens (tertiary/aromatic N) is 2. The summed E-state index contributed by atoms with van der Waals surface area (Å²) < 4.78 is 5.56. The molecule has 1 aromatic rings. The van der Waals surface area contributed by atoms with Crippen LogP contribution in [0.25, 0.3) is 0 Å². The molecule has 2 aliphatic heterocycles. The molecule has 6 nitrogen and oxygen atoms in total. The van der Waals surface area contributed by atoms with Crippen LogP contribution in [0, 0.1) is 11.8 Å². The topological polar surface area (TPSA) is 61.9 Å². The van der Waals surface area contributed by atoms with Crippen LogP contribution in [0.3, 0.4) is 0 Å². The highest BCUT2D eigenvalue weighted by Gasteiger charge is 2.32. The van der Waals surface area contributed by atoms with Gasteiger partial charge in [-0.3, -0.25) is 9.59 Å². The molecule has 0 aliphatic carbocycles. The number of amides is 2. The van der Waals surface area contributed by atoms with Crippen molar-refractivity contribution >= 4 is 11.8 Å². The van der Waals surface area contributed by atoms with Crippen LogP contribution in [-0.2, 0) is 9.59 Å². The number of carbonyl (C=O) groups excluding carboxylic acids is 2. The van der Waals surface area contributed by atoms with Crippen LogP contribution in [0.1, 0.15) is 32.6 Å². The van der Waals surface area contributed by atoms with Gasteiger partial charge in [-0.25, -0.2) is 0 Å². The highest BCUT2D eigenvalue weighted by Crippen LogP contribution is 2.24. The third kappa shape index (κ3) is 5.71. The van der Waals surface area contributed by atoms with Gasteiger partial charge in [-0.05, 0) is 56.8 Å². The molecule has 0 atom stereocenters. The molecule has 2 saturated heterocycles. The van der Waals surface area contributed by atoms with Crippen molar-refractivity contribution in [3.63, 3.8) is 0 Å². The van der Waals surface area contributed by atoms with Gasteiger partial charge in [0, 0.05) is 32.1 Å². The number of nitrogens with one attached hydrogen (secondary N) is 1. The summed E-state index contributed by atoms with van der Waals surface area (Å²) in [5, 5.41) is 3.41. The summed E-state index contributed by atoms with van der Waals surface area (Å²) in [6.07, 6.45) is 3.69. The zero-order valence-electron chi connectivity index (χ0n) is 16.9. The highest BCUT2D eigenvalue weighted by atomic mass is 16.5. The van der Waals surface area contributed by atoms with Crippen molar-refractivity contribution in [3.8, 4) is 5.75 Å². The van der Waals surface area contributed by atoms with Gasteiger partial charge >= 0.3 is 0 Å². The van der Waals surface area contributed by atoms with Crippen LogP contribution < -0.4 is 10.1 Å². The SMILES string of the molecule is CCNCC1CCN(C(=O)C2CCN(C(=O)COc3ccccc3)CC2)CC1. The molecule has 154 valence electrons. The Morgan fingerprint density at radius 3 is 2.29 bits per heavy atom. The van der Waals surface area contributed by atoms with Gasteiger partial charge in [0.05, 0.1) is 0 Å². The monoisotopic (exact) mass is 387 g/mol. The molecular formula is C22H33N3O3. The minimum atomic E-state index is -0.000935. The number of carbonyl (C=O) groups is 2. The van der Waals surface area contributed by atoms with E-state index in [1.165, 1.54) is 0 Å². The Balaban J connectivity index is 1.37. The normalized spacial score (nSPS) is 18.9. The van der Waals surface area contributed by atoms with Crippen molar-refractivity contribution in [1.29, 1.82) is 0 Å². The van der Waals surface area contributed by atoms with Crippen LogP contribution in [0.2, 0.25) is 0 Å². The van der Waals surface area contributed by atoms with Crippen molar-refractivity contribution in [1.82, 2.24) is 15.1 Å². The Labute approximate surface area is 168 Å². The number of ether oxygens (including phenoxy) is 1. The molecule has 1 aromatic carbocycles. The highest BCUT2D eigenvalue weighted by molar-refractivity contribution is 5.80. The van der Waals surface area contributed by atoms with Gasteiger partial charge in [-0.2, -0.15) is 0 Å². The maximum absolute atomic E-state index is 12.8. The maximum atomic E-state index is 12.8.